The van der Waals surface area contributed by atoms with Crippen LogP contribution in [-0.4, -0.2) is 22.9 Å². The average molecular weight is 252 g/mol. The van der Waals surface area contributed by atoms with Gasteiger partial charge in [0.25, 0.3) is 0 Å². The molecule has 0 saturated heterocycles. The van der Waals surface area contributed by atoms with Gasteiger partial charge in [0.05, 0.1) is 6.04 Å². The molecular weight excluding hydrogens is 242 g/mol. The summed E-state index contributed by atoms with van der Waals surface area (Å²) >= 11 is 5.43. The Balaban J connectivity index is 2.71. The van der Waals surface area contributed by atoms with E-state index in [1.54, 1.807) is 12.1 Å². The highest BCUT2D eigenvalue weighted by Gasteiger charge is 2.53. The van der Waals surface area contributed by atoms with Crippen molar-refractivity contribution in [2.75, 3.05) is 0 Å². The molecule has 4 nitrogen and oxygen atoms in total. The van der Waals surface area contributed by atoms with Crippen molar-refractivity contribution in [3.8, 4) is 0 Å². The minimum atomic E-state index is -1.67. The van der Waals surface area contributed by atoms with Gasteiger partial charge >= 0.3 is 0 Å². The number of carbonyl (C=O) groups excluding carboxylic acids is 3. The largest absolute Gasteiger partial charge is 0.320 e. The van der Waals surface area contributed by atoms with Gasteiger partial charge in [-0.05, 0) is 18.5 Å². The molecule has 88 valence electrons. The monoisotopic (exact) mass is 251 g/mol. The number of halogens is 1. The van der Waals surface area contributed by atoms with E-state index in [0.717, 1.165) is 0 Å². The van der Waals surface area contributed by atoms with Crippen LogP contribution in [0.4, 0.5) is 0 Å². The predicted octanol–water partition coefficient (Wildman–Crippen LogP) is 1.16. The summed E-state index contributed by atoms with van der Waals surface area (Å²) in [6, 6.07) is 5.06. The Bertz CT molecular complexity index is 540. The van der Waals surface area contributed by atoms with Crippen LogP contribution in [-0.2, 0) is 4.79 Å². The van der Waals surface area contributed by atoms with Crippen molar-refractivity contribution in [1.82, 2.24) is 0 Å². The van der Waals surface area contributed by atoms with E-state index in [1.165, 1.54) is 19.1 Å². The third kappa shape index (κ3) is 1.45. The van der Waals surface area contributed by atoms with E-state index in [0.29, 0.717) is 0 Å². The number of hydrogen-bond acceptors (Lipinski definition) is 4. The molecule has 0 bridgehead atoms. The standard InChI is InChI=1S/C12H10ClNO3/c1-12(11(13)17)9(14)8(15)6-4-2-3-5-7(6)10(12)16/h2-5,9H,14H2,1H3. The number of fused-ring (bicyclic) bond motifs is 1. The first-order valence-electron chi connectivity index (χ1n) is 5.04. The SMILES string of the molecule is CC1(C(=O)Cl)C(=O)c2ccccc2C(=O)C1N. The molecule has 0 spiro atoms. The molecule has 1 aromatic carbocycles. The zero-order chi connectivity index (χ0) is 12.8. The van der Waals surface area contributed by atoms with E-state index in [2.05, 4.69) is 0 Å². The van der Waals surface area contributed by atoms with Crippen molar-refractivity contribution in [2.45, 2.75) is 13.0 Å². The van der Waals surface area contributed by atoms with Gasteiger partial charge in [-0.2, -0.15) is 0 Å². The molecule has 5 heteroatoms. The molecule has 1 aliphatic rings. The number of nitrogens with two attached hydrogens (primary N) is 1. The van der Waals surface area contributed by atoms with Gasteiger partial charge in [-0.1, -0.05) is 24.3 Å². The summed E-state index contributed by atoms with van der Waals surface area (Å²) in [5, 5.41) is -0.905. The molecule has 0 saturated carbocycles. The van der Waals surface area contributed by atoms with Gasteiger partial charge < -0.3 is 5.73 Å². The van der Waals surface area contributed by atoms with E-state index in [9.17, 15) is 14.4 Å². The molecule has 2 N–H and O–H groups in total. The van der Waals surface area contributed by atoms with Gasteiger partial charge in [-0.3, -0.25) is 14.4 Å². The van der Waals surface area contributed by atoms with E-state index >= 15 is 0 Å². The summed E-state index contributed by atoms with van der Waals surface area (Å²) in [7, 11) is 0. The fourth-order valence-electron chi connectivity index (χ4n) is 1.96. The lowest BCUT2D eigenvalue weighted by atomic mass is 9.69. The molecule has 0 fully saturated rings. The minimum absolute atomic E-state index is 0.204. The maximum Gasteiger partial charge on any atom is 0.237 e. The first-order chi connectivity index (χ1) is 7.90. The second-order valence-electron chi connectivity index (χ2n) is 4.19. The number of Topliss-reactive ketones (excluding diaryl/α,β-unsaturated/α-hetero) is 2. The van der Waals surface area contributed by atoms with E-state index in [-0.39, 0.29) is 11.1 Å². The van der Waals surface area contributed by atoms with Crippen LogP contribution in [0.25, 0.3) is 0 Å². The Morgan fingerprint density at radius 2 is 1.82 bits per heavy atom. The average Bonchev–Trinajstić information content (AvgIpc) is 2.33. The van der Waals surface area contributed by atoms with Gasteiger partial charge in [-0.15, -0.1) is 0 Å². The lowest BCUT2D eigenvalue weighted by Gasteiger charge is -2.34. The van der Waals surface area contributed by atoms with Gasteiger partial charge in [0.15, 0.2) is 11.6 Å². The third-order valence-electron chi connectivity index (χ3n) is 3.22. The van der Waals surface area contributed by atoms with E-state index < -0.39 is 28.3 Å². The fraction of sp³-hybridized carbons (Fsp3) is 0.250. The van der Waals surface area contributed by atoms with E-state index in [1.807, 2.05) is 0 Å². The molecule has 2 unspecified atom stereocenters. The number of ketones is 2. The Morgan fingerprint density at radius 3 is 2.35 bits per heavy atom. The lowest BCUT2D eigenvalue weighted by Crippen LogP contribution is -2.57. The highest BCUT2D eigenvalue weighted by molar-refractivity contribution is 6.67. The van der Waals surface area contributed by atoms with Crippen LogP contribution < -0.4 is 5.73 Å². The summed E-state index contributed by atoms with van der Waals surface area (Å²) in [6.45, 7) is 1.31. The number of rotatable bonds is 1. The molecule has 0 amide bonds. The predicted molar refractivity (Wildman–Crippen MR) is 62.0 cm³/mol. The number of benzene rings is 1. The Morgan fingerprint density at radius 1 is 1.29 bits per heavy atom. The Labute approximate surface area is 103 Å². The second kappa shape index (κ2) is 3.75. The zero-order valence-corrected chi connectivity index (χ0v) is 9.82. The van der Waals surface area contributed by atoms with Crippen LogP contribution >= 0.6 is 11.6 Å². The molecular formula is C12H10ClNO3. The van der Waals surface area contributed by atoms with Crippen LogP contribution in [0.15, 0.2) is 24.3 Å². The van der Waals surface area contributed by atoms with Gasteiger partial charge in [0.2, 0.25) is 5.24 Å². The smallest absolute Gasteiger partial charge is 0.237 e. The zero-order valence-electron chi connectivity index (χ0n) is 9.07. The van der Waals surface area contributed by atoms with Crippen LogP contribution in [0.2, 0.25) is 0 Å². The van der Waals surface area contributed by atoms with Crippen molar-refractivity contribution < 1.29 is 14.4 Å². The summed E-state index contributed by atoms with van der Waals surface area (Å²) in [6.07, 6.45) is 0. The van der Waals surface area contributed by atoms with Crippen molar-refractivity contribution in [1.29, 1.82) is 0 Å². The minimum Gasteiger partial charge on any atom is -0.320 e. The second-order valence-corrected chi connectivity index (χ2v) is 4.54. The van der Waals surface area contributed by atoms with Crippen molar-refractivity contribution >= 4 is 28.4 Å². The molecule has 1 aromatic rings. The van der Waals surface area contributed by atoms with Gasteiger partial charge in [0, 0.05) is 11.1 Å². The summed E-state index contributed by atoms with van der Waals surface area (Å²) in [5.41, 5.74) is 4.47. The molecule has 0 radical (unpaired) electrons. The Hall–Kier alpha value is -1.52. The highest BCUT2D eigenvalue weighted by Crippen LogP contribution is 2.36. The fourth-order valence-corrected chi connectivity index (χ4v) is 2.16. The van der Waals surface area contributed by atoms with Crippen molar-refractivity contribution in [3.63, 3.8) is 0 Å². The normalized spacial score (nSPS) is 27.8. The quantitative estimate of drug-likeness (QED) is 0.600. The molecule has 0 heterocycles. The first-order valence-corrected chi connectivity index (χ1v) is 5.42. The summed E-state index contributed by atoms with van der Waals surface area (Å²) in [5.74, 6) is -0.933. The van der Waals surface area contributed by atoms with Gasteiger partial charge in [-0.25, -0.2) is 0 Å². The van der Waals surface area contributed by atoms with E-state index in [4.69, 9.17) is 17.3 Å². The molecule has 1 aliphatic carbocycles. The van der Waals surface area contributed by atoms with Crippen LogP contribution in [0, 0.1) is 5.41 Å². The number of carbonyl (C=O) groups is 3. The first kappa shape index (κ1) is 12.0. The van der Waals surface area contributed by atoms with Crippen LogP contribution in [0.1, 0.15) is 27.6 Å². The number of hydrogen-bond donors (Lipinski definition) is 1. The highest BCUT2D eigenvalue weighted by atomic mass is 35.5. The third-order valence-corrected chi connectivity index (χ3v) is 3.61. The topological polar surface area (TPSA) is 77.2 Å². The summed E-state index contributed by atoms with van der Waals surface area (Å²) in [4.78, 5) is 35.6. The lowest BCUT2D eigenvalue weighted by molar-refractivity contribution is -0.118. The summed E-state index contributed by atoms with van der Waals surface area (Å²) < 4.78 is 0. The maximum absolute atomic E-state index is 12.2. The maximum atomic E-state index is 12.2. The molecule has 2 atom stereocenters. The molecule has 2 rings (SSSR count). The van der Waals surface area contributed by atoms with Gasteiger partial charge in [0.1, 0.15) is 5.41 Å². The van der Waals surface area contributed by atoms with Crippen LogP contribution in [0.5, 0.6) is 0 Å². The molecule has 0 aliphatic heterocycles. The Kier molecular flexibility index (Phi) is 2.64. The van der Waals surface area contributed by atoms with Crippen molar-refractivity contribution in [2.24, 2.45) is 11.1 Å². The molecule has 17 heavy (non-hydrogen) atoms. The van der Waals surface area contributed by atoms with Crippen LogP contribution in [0.3, 0.4) is 0 Å². The molecule has 0 aromatic heterocycles. The van der Waals surface area contributed by atoms with Crippen molar-refractivity contribution in [3.05, 3.63) is 35.4 Å².